The van der Waals surface area contributed by atoms with E-state index in [1.54, 1.807) is 24.3 Å². The molecule has 2 aromatic rings. The van der Waals surface area contributed by atoms with Crippen molar-refractivity contribution < 1.29 is 19.8 Å². The molecule has 0 aliphatic rings. The highest BCUT2D eigenvalue weighted by atomic mass is 16.3. The lowest BCUT2D eigenvalue weighted by atomic mass is 10.1. The number of imide groups is 1. The van der Waals surface area contributed by atoms with Crippen LogP contribution in [-0.2, 0) is 0 Å². The first kappa shape index (κ1) is 23.4. The smallest absolute Gasteiger partial charge is 0.264 e. The number of phenolic OH excluding ortho intramolecular Hbond substituents is 2. The highest BCUT2D eigenvalue weighted by molar-refractivity contribution is 6.12. The monoisotopic (exact) mass is 412 g/mol. The standard InChI is InChI=1S/C24H32N2O4/c25-17-11-5-3-1-2-4-6-12-18-26(23(29)19-13-7-9-15-21(19)27)24(30)20-14-8-10-16-22(20)28/h7-10,13-16,27-28H,1-6,11-12,17-18,25H2. The molecule has 0 heterocycles. The summed E-state index contributed by atoms with van der Waals surface area (Å²) in [6.07, 6.45) is 8.29. The fourth-order valence-corrected chi connectivity index (χ4v) is 3.37. The lowest BCUT2D eigenvalue weighted by Crippen LogP contribution is -2.37. The summed E-state index contributed by atoms with van der Waals surface area (Å²) in [6, 6.07) is 12.3. The zero-order valence-electron chi connectivity index (χ0n) is 17.4. The number of nitrogens with zero attached hydrogens (tertiary/aromatic N) is 1. The van der Waals surface area contributed by atoms with Gasteiger partial charge in [-0.3, -0.25) is 14.5 Å². The van der Waals surface area contributed by atoms with Gasteiger partial charge < -0.3 is 15.9 Å². The lowest BCUT2D eigenvalue weighted by molar-refractivity contribution is 0.0610. The first-order chi connectivity index (χ1) is 14.6. The molecule has 0 atom stereocenters. The number of benzene rings is 2. The number of aromatic hydroxyl groups is 2. The molecule has 0 saturated carbocycles. The number of carbonyl (C=O) groups is 2. The van der Waals surface area contributed by atoms with Crippen LogP contribution >= 0.6 is 0 Å². The zero-order valence-corrected chi connectivity index (χ0v) is 17.4. The van der Waals surface area contributed by atoms with Crippen LogP contribution in [0.5, 0.6) is 11.5 Å². The molecule has 0 fully saturated rings. The first-order valence-corrected chi connectivity index (χ1v) is 10.7. The van der Waals surface area contributed by atoms with E-state index in [1.807, 2.05) is 0 Å². The minimum absolute atomic E-state index is 0.0705. The maximum Gasteiger partial charge on any atom is 0.264 e. The van der Waals surface area contributed by atoms with Gasteiger partial charge in [0, 0.05) is 6.54 Å². The van der Waals surface area contributed by atoms with Crippen LogP contribution in [0, 0.1) is 0 Å². The third-order valence-corrected chi connectivity index (χ3v) is 5.10. The van der Waals surface area contributed by atoms with Crippen molar-refractivity contribution in [1.82, 2.24) is 4.90 Å². The topological polar surface area (TPSA) is 104 Å². The number of unbranched alkanes of at least 4 members (excludes halogenated alkanes) is 7. The summed E-state index contributed by atoms with van der Waals surface area (Å²) in [6.45, 7) is 0.972. The maximum atomic E-state index is 13.0. The highest BCUT2D eigenvalue weighted by Gasteiger charge is 2.27. The van der Waals surface area contributed by atoms with Crippen LogP contribution < -0.4 is 5.73 Å². The van der Waals surface area contributed by atoms with Gasteiger partial charge in [0.15, 0.2) is 0 Å². The van der Waals surface area contributed by atoms with Crippen LogP contribution in [0.25, 0.3) is 0 Å². The van der Waals surface area contributed by atoms with Crippen molar-refractivity contribution in [3.8, 4) is 11.5 Å². The van der Waals surface area contributed by atoms with E-state index in [4.69, 9.17) is 5.73 Å². The molecule has 2 rings (SSSR count). The van der Waals surface area contributed by atoms with Crippen LogP contribution in [0.4, 0.5) is 0 Å². The van der Waals surface area contributed by atoms with Gasteiger partial charge in [-0.05, 0) is 43.7 Å². The van der Waals surface area contributed by atoms with E-state index in [9.17, 15) is 19.8 Å². The van der Waals surface area contributed by atoms with E-state index in [0.29, 0.717) is 6.42 Å². The second kappa shape index (κ2) is 12.6. The van der Waals surface area contributed by atoms with Gasteiger partial charge in [-0.25, -0.2) is 0 Å². The lowest BCUT2D eigenvalue weighted by Gasteiger charge is -2.22. The van der Waals surface area contributed by atoms with E-state index in [-0.39, 0.29) is 29.2 Å². The number of phenols is 2. The number of rotatable bonds is 12. The molecular formula is C24H32N2O4. The number of para-hydroxylation sites is 2. The molecule has 4 N–H and O–H groups in total. The summed E-state index contributed by atoms with van der Waals surface area (Å²) in [4.78, 5) is 27.1. The number of hydrogen-bond donors (Lipinski definition) is 3. The van der Waals surface area contributed by atoms with Gasteiger partial charge in [0.05, 0.1) is 11.1 Å². The van der Waals surface area contributed by atoms with Gasteiger partial charge in [0.2, 0.25) is 0 Å². The minimum Gasteiger partial charge on any atom is -0.507 e. The Morgan fingerprint density at radius 3 is 1.50 bits per heavy atom. The molecule has 0 spiro atoms. The summed E-state index contributed by atoms with van der Waals surface area (Å²) < 4.78 is 0. The molecule has 6 heteroatoms. The number of nitrogens with two attached hydrogens (primary N) is 1. The zero-order chi connectivity index (χ0) is 21.8. The molecule has 2 amide bonds. The van der Waals surface area contributed by atoms with E-state index in [0.717, 1.165) is 50.0 Å². The van der Waals surface area contributed by atoms with Crippen molar-refractivity contribution in [3.05, 3.63) is 59.7 Å². The third kappa shape index (κ3) is 6.88. The molecule has 2 aromatic carbocycles. The van der Waals surface area contributed by atoms with Crippen LogP contribution in [-0.4, -0.2) is 40.0 Å². The fraction of sp³-hybridized carbons (Fsp3) is 0.417. The minimum atomic E-state index is -0.567. The van der Waals surface area contributed by atoms with Gasteiger partial charge in [0.1, 0.15) is 11.5 Å². The highest BCUT2D eigenvalue weighted by Crippen LogP contribution is 2.23. The van der Waals surface area contributed by atoms with E-state index >= 15 is 0 Å². The van der Waals surface area contributed by atoms with Crippen LogP contribution in [0.1, 0.15) is 72.1 Å². The quantitative estimate of drug-likeness (QED) is 0.353. The third-order valence-electron chi connectivity index (χ3n) is 5.10. The van der Waals surface area contributed by atoms with Crippen molar-refractivity contribution >= 4 is 11.8 Å². The van der Waals surface area contributed by atoms with Crippen molar-refractivity contribution in [3.63, 3.8) is 0 Å². The van der Waals surface area contributed by atoms with Crippen molar-refractivity contribution in [2.75, 3.05) is 13.1 Å². The van der Waals surface area contributed by atoms with Gasteiger partial charge in [-0.2, -0.15) is 0 Å². The summed E-state index contributed by atoms with van der Waals surface area (Å²) in [5.41, 5.74) is 5.64. The predicted molar refractivity (Wildman–Crippen MR) is 118 cm³/mol. The molecule has 0 unspecified atom stereocenters. The van der Waals surface area contributed by atoms with Gasteiger partial charge in [0.25, 0.3) is 11.8 Å². The van der Waals surface area contributed by atoms with Gasteiger partial charge in [-0.1, -0.05) is 62.8 Å². The SMILES string of the molecule is NCCCCCCCCCCN(C(=O)c1ccccc1O)C(=O)c1ccccc1O. The second-order valence-electron chi connectivity index (χ2n) is 7.41. The molecular weight excluding hydrogens is 380 g/mol. The van der Waals surface area contributed by atoms with Crippen molar-refractivity contribution in [1.29, 1.82) is 0 Å². The predicted octanol–water partition coefficient (Wildman–Crippen LogP) is 4.46. The first-order valence-electron chi connectivity index (χ1n) is 10.7. The Hall–Kier alpha value is -2.86. The molecule has 0 aromatic heterocycles. The average molecular weight is 413 g/mol. The van der Waals surface area contributed by atoms with Crippen molar-refractivity contribution in [2.45, 2.75) is 51.4 Å². The molecule has 162 valence electrons. The summed E-state index contributed by atoms with van der Waals surface area (Å²) >= 11 is 0. The fourth-order valence-electron chi connectivity index (χ4n) is 3.37. The Bertz CT molecular complexity index is 765. The molecule has 0 saturated heterocycles. The van der Waals surface area contributed by atoms with Crippen LogP contribution in [0.15, 0.2) is 48.5 Å². The summed E-state index contributed by atoms with van der Waals surface area (Å²) in [5.74, 6) is -1.48. The maximum absolute atomic E-state index is 13.0. The van der Waals surface area contributed by atoms with E-state index in [1.165, 1.54) is 30.7 Å². The van der Waals surface area contributed by atoms with Crippen LogP contribution in [0.3, 0.4) is 0 Å². The van der Waals surface area contributed by atoms with Gasteiger partial charge >= 0.3 is 0 Å². The normalized spacial score (nSPS) is 10.7. The molecule has 6 nitrogen and oxygen atoms in total. The van der Waals surface area contributed by atoms with Crippen LogP contribution in [0.2, 0.25) is 0 Å². The number of hydrogen-bond acceptors (Lipinski definition) is 5. The second-order valence-corrected chi connectivity index (χ2v) is 7.41. The molecule has 0 aliphatic carbocycles. The Kier molecular flexibility index (Phi) is 9.87. The van der Waals surface area contributed by atoms with E-state index in [2.05, 4.69) is 0 Å². The van der Waals surface area contributed by atoms with Gasteiger partial charge in [-0.15, -0.1) is 0 Å². The Morgan fingerprint density at radius 2 is 1.07 bits per heavy atom. The Labute approximate surface area is 178 Å². The summed E-state index contributed by atoms with van der Waals surface area (Å²) in [5, 5.41) is 20.1. The van der Waals surface area contributed by atoms with E-state index < -0.39 is 11.8 Å². The molecule has 0 aliphatic heterocycles. The average Bonchev–Trinajstić information content (AvgIpc) is 2.75. The Morgan fingerprint density at radius 1 is 0.667 bits per heavy atom. The molecule has 30 heavy (non-hydrogen) atoms. The van der Waals surface area contributed by atoms with Crippen molar-refractivity contribution in [2.24, 2.45) is 5.73 Å². The Balaban J connectivity index is 2.00. The molecule has 0 radical (unpaired) electrons. The largest absolute Gasteiger partial charge is 0.507 e. The number of carbonyl (C=O) groups excluding carboxylic acids is 2. The number of amides is 2. The summed E-state index contributed by atoms with van der Waals surface area (Å²) in [7, 11) is 0. The molecule has 0 bridgehead atoms.